The molecule has 0 saturated heterocycles. The molecule has 3 aliphatic rings. The van der Waals surface area contributed by atoms with Crippen molar-refractivity contribution in [2.24, 2.45) is 39.5 Å². The number of hydrogen-bond acceptors (Lipinski definition) is 8. The van der Waals surface area contributed by atoms with E-state index >= 15 is 0 Å². The molecule has 8 nitrogen and oxygen atoms in total. The van der Waals surface area contributed by atoms with Gasteiger partial charge in [-0.3, -0.25) is 9.59 Å². The normalized spacial score (nSPS) is 39.2. The first kappa shape index (κ1) is 33.6. The van der Waals surface area contributed by atoms with E-state index in [2.05, 4.69) is 31.2 Å². The van der Waals surface area contributed by atoms with E-state index in [0.717, 1.165) is 19.3 Å². The summed E-state index contributed by atoms with van der Waals surface area (Å²) in [5.41, 5.74) is 5.17. The maximum Gasteiger partial charge on any atom is 0.306 e. The second-order valence-corrected chi connectivity index (χ2v) is 13.2. The van der Waals surface area contributed by atoms with Gasteiger partial charge in [0.1, 0.15) is 5.60 Å². The second kappa shape index (κ2) is 13.2. The van der Waals surface area contributed by atoms with Crippen LogP contribution in [-0.2, 0) is 19.1 Å². The van der Waals surface area contributed by atoms with Gasteiger partial charge < -0.3 is 20.3 Å². The van der Waals surface area contributed by atoms with Gasteiger partial charge in [-0.1, -0.05) is 70.0 Å². The maximum atomic E-state index is 14.2. The van der Waals surface area contributed by atoms with Crippen molar-refractivity contribution in [2.45, 2.75) is 136 Å². The molecule has 0 aromatic rings. The van der Waals surface area contributed by atoms with Crippen LogP contribution in [0.5, 0.6) is 0 Å². The molecule has 3 rings (SSSR count). The van der Waals surface area contributed by atoms with Gasteiger partial charge in [-0.2, -0.15) is 4.91 Å². The number of ketones is 1. The van der Waals surface area contributed by atoms with Crippen LogP contribution in [0.3, 0.4) is 0 Å². The Morgan fingerprint density at radius 1 is 1.17 bits per heavy atom. The van der Waals surface area contributed by atoms with E-state index < -0.39 is 46.9 Å². The Morgan fingerprint density at radius 3 is 2.44 bits per heavy atom. The number of allylic oxidation sites excluding steroid dienone is 4. The number of aliphatic hydroxyl groups is 1. The summed E-state index contributed by atoms with van der Waals surface area (Å²) in [6.45, 7) is 13.7. The average Bonchev–Trinajstić information content (AvgIpc) is 3.23. The first-order valence-electron chi connectivity index (χ1n) is 15.8. The van der Waals surface area contributed by atoms with Gasteiger partial charge in [-0.05, 0) is 71.1 Å². The summed E-state index contributed by atoms with van der Waals surface area (Å²) in [6.07, 6.45) is 11.0. The minimum atomic E-state index is -1.46. The number of esters is 1. The van der Waals surface area contributed by atoms with Crippen LogP contribution in [0.1, 0.15) is 113 Å². The van der Waals surface area contributed by atoms with Crippen LogP contribution in [0.4, 0.5) is 0 Å². The van der Waals surface area contributed by atoms with Gasteiger partial charge in [-0.25, -0.2) is 0 Å². The summed E-state index contributed by atoms with van der Waals surface area (Å²) in [7, 11) is 0. The highest BCUT2D eigenvalue weighted by Crippen LogP contribution is 2.69. The molecule has 0 heterocycles. The summed E-state index contributed by atoms with van der Waals surface area (Å²) >= 11 is 0. The summed E-state index contributed by atoms with van der Waals surface area (Å²) in [4.78, 5) is 39.2. The van der Waals surface area contributed by atoms with E-state index in [0.29, 0.717) is 38.5 Å². The molecule has 0 bridgehead atoms. The quantitative estimate of drug-likeness (QED) is 0.113. The van der Waals surface area contributed by atoms with Crippen LogP contribution in [-0.4, -0.2) is 46.9 Å². The number of nitroso groups, excluding NO2 is 1. The lowest BCUT2D eigenvalue weighted by molar-refractivity contribution is -0.249. The molecule has 3 saturated carbocycles. The number of hydrogen-bond donors (Lipinski definition) is 2. The Hall–Kier alpha value is -1.90. The number of nitrogens with zero attached hydrogens (tertiary/aromatic N) is 1. The second-order valence-electron chi connectivity index (χ2n) is 13.2. The van der Waals surface area contributed by atoms with Crippen LogP contribution in [0.2, 0.25) is 0 Å². The highest BCUT2D eigenvalue weighted by Gasteiger charge is 2.73. The van der Waals surface area contributed by atoms with Crippen molar-refractivity contribution >= 4 is 11.8 Å². The van der Waals surface area contributed by atoms with Crippen molar-refractivity contribution in [3.8, 4) is 0 Å². The number of Topliss-reactive ketones (excluding diaryl/α,β-unsaturated/α-hetero) is 1. The molecule has 3 fully saturated rings. The van der Waals surface area contributed by atoms with E-state index in [9.17, 15) is 19.6 Å². The highest BCUT2D eigenvalue weighted by atomic mass is 16.6. The zero-order chi connectivity index (χ0) is 30.6. The predicted molar refractivity (Wildman–Crippen MR) is 161 cm³/mol. The summed E-state index contributed by atoms with van der Waals surface area (Å²) in [5, 5.41) is 15.1. The van der Waals surface area contributed by atoms with E-state index in [4.69, 9.17) is 15.2 Å². The van der Waals surface area contributed by atoms with E-state index in [1.165, 1.54) is 5.57 Å². The molecule has 0 aromatic heterocycles. The third-order valence-electron chi connectivity index (χ3n) is 11.1. The monoisotopic (exact) mass is 574 g/mol. The van der Waals surface area contributed by atoms with Crippen molar-refractivity contribution in [1.29, 1.82) is 0 Å². The number of carbonyl (C=O) groups is 2. The fourth-order valence-electron chi connectivity index (χ4n) is 9.23. The number of rotatable bonds is 13. The summed E-state index contributed by atoms with van der Waals surface area (Å²) in [5.74, 6) is -1.36. The van der Waals surface area contributed by atoms with Gasteiger partial charge in [0, 0.05) is 34.6 Å². The first-order valence-corrected chi connectivity index (χ1v) is 15.8. The Labute approximate surface area is 246 Å². The summed E-state index contributed by atoms with van der Waals surface area (Å²) in [6, 6.07) is -0.663. The molecule has 8 heteroatoms. The number of carbonyl (C=O) groups excluding carboxylic acids is 2. The van der Waals surface area contributed by atoms with Gasteiger partial charge >= 0.3 is 5.97 Å². The molecule has 8 unspecified atom stereocenters. The molecule has 0 amide bonds. The lowest BCUT2D eigenvalue weighted by Crippen LogP contribution is -2.72. The smallest absolute Gasteiger partial charge is 0.306 e. The molecule has 3 aliphatic carbocycles. The standard InChI is InChI=1S/C33H54N2O6/c1-8-13-22(11-4)29(38)41-33(26(36)21-40-27(37)14-9-2)19-16-25-31(33,7)20-24(35-39)28-30(6,17-10-3)23(12-5)15-18-32(25,28)34/h10,12,17,22,24-25,28-29,38H,8-9,11,13-16,18-21,34H2,1-7H3/b17-10-,23-12-/t22?,24?,25?,28?,29?,30?,31?,32?,33-/m0/s1. The van der Waals surface area contributed by atoms with Crippen molar-refractivity contribution in [2.75, 3.05) is 6.61 Å². The van der Waals surface area contributed by atoms with Crippen LogP contribution < -0.4 is 5.73 Å². The minimum absolute atomic E-state index is 0.150. The highest BCUT2D eigenvalue weighted by molar-refractivity contribution is 5.91. The third kappa shape index (κ3) is 5.61. The molecule has 0 spiro atoms. The fraction of sp³-hybridized carbons (Fsp3) is 0.818. The van der Waals surface area contributed by atoms with Gasteiger partial charge in [0.15, 0.2) is 12.9 Å². The molecule has 0 aromatic carbocycles. The van der Waals surface area contributed by atoms with Crippen molar-refractivity contribution in [3.05, 3.63) is 28.7 Å². The number of fused-ring (bicyclic) bond motifs is 3. The first-order chi connectivity index (χ1) is 19.4. The molecule has 3 N–H and O–H groups in total. The molecule has 0 radical (unpaired) electrons. The Bertz CT molecular complexity index is 1030. The molecule has 0 aliphatic heterocycles. The molecule has 9 atom stereocenters. The topological polar surface area (TPSA) is 128 Å². The van der Waals surface area contributed by atoms with Crippen LogP contribution in [0.25, 0.3) is 0 Å². The zero-order valence-electron chi connectivity index (χ0n) is 26.4. The van der Waals surface area contributed by atoms with E-state index in [1.807, 2.05) is 40.7 Å². The lowest BCUT2D eigenvalue weighted by Gasteiger charge is -2.64. The van der Waals surface area contributed by atoms with Gasteiger partial charge in [0.05, 0.1) is 6.04 Å². The molecule has 41 heavy (non-hydrogen) atoms. The Kier molecular flexibility index (Phi) is 10.8. The van der Waals surface area contributed by atoms with E-state index in [1.54, 1.807) is 0 Å². The van der Waals surface area contributed by atoms with Gasteiger partial charge in [0.25, 0.3) is 0 Å². The number of aliphatic hydroxyl groups excluding tert-OH is 1. The van der Waals surface area contributed by atoms with Gasteiger partial charge in [-0.15, -0.1) is 0 Å². The largest absolute Gasteiger partial charge is 0.458 e. The molecule has 232 valence electrons. The molecular weight excluding hydrogens is 520 g/mol. The van der Waals surface area contributed by atoms with E-state index in [-0.39, 0.29) is 30.0 Å². The van der Waals surface area contributed by atoms with Crippen LogP contribution in [0, 0.1) is 33.5 Å². The number of nitrogens with two attached hydrogens (primary N) is 1. The molecular formula is C33H54N2O6. The maximum absolute atomic E-state index is 14.2. The SMILES string of the molecule is C/C=C\C1(C)/C(=C\C)CCC2(N)C1C(N=O)CC1(C)C2CC[C@]1(OC(O)C(CC)CCC)C(=O)COC(=O)CCC. The Morgan fingerprint density at radius 2 is 1.88 bits per heavy atom. The average molecular weight is 575 g/mol. The van der Waals surface area contributed by atoms with Crippen LogP contribution >= 0.6 is 0 Å². The minimum Gasteiger partial charge on any atom is -0.458 e. The van der Waals surface area contributed by atoms with Crippen LogP contribution in [0.15, 0.2) is 29.0 Å². The third-order valence-corrected chi connectivity index (χ3v) is 11.1. The fourth-order valence-corrected chi connectivity index (χ4v) is 9.23. The van der Waals surface area contributed by atoms with Gasteiger partial charge in [0.2, 0.25) is 5.78 Å². The van der Waals surface area contributed by atoms with Crippen molar-refractivity contribution < 1.29 is 24.2 Å². The zero-order valence-corrected chi connectivity index (χ0v) is 26.4. The van der Waals surface area contributed by atoms with Crippen molar-refractivity contribution in [1.82, 2.24) is 0 Å². The summed E-state index contributed by atoms with van der Waals surface area (Å²) < 4.78 is 12.0. The number of ether oxygens (including phenoxy) is 2. The Balaban J connectivity index is 2.14. The lowest BCUT2D eigenvalue weighted by atomic mass is 9.43. The predicted octanol–water partition coefficient (Wildman–Crippen LogP) is 6.39. The van der Waals surface area contributed by atoms with Crippen molar-refractivity contribution in [3.63, 3.8) is 0 Å².